The number of esters is 3. The van der Waals surface area contributed by atoms with Crippen LogP contribution in [0, 0.1) is 11.8 Å². The lowest BCUT2D eigenvalue weighted by Gasteiger charge is -2.18. The first-order chi connectivity index (χ1) is 30.8. The van der Waals surface area contributed by atoms with E-state index in [9.17, 15) is 14.4 Å². The molecule has 0 fully saturated rings. The molecule has 0 bridgehead atoms. The smallest absolute Gasteiger partial charge is 0.306 e. The van der Waals surface area contributed by atoms with Gasteiger partial charge in [-0.25, -0.2) is 0 Å². The van der Waals surface area contributed by atoms with Crippen LogP contribution in [0.2, 0.25) is 0 Å². The highest BCUT2D eigenvalue weighted by molar-refractivity contribution is 5.71. The Morgan fingerprint density at radius 1 is 0.333 bits per heavy atom. The number of carbonyl (C=O) groups is 3. The van der Waals surface area contributed by atoms with Gasteiger partial charge in [0.25, 0.3) is 0 Å². The summed E-state index contributed by atoms with van der Waals surface area (Å²) in [6.07, 6.45) is 52.2. The maximum absolute atomic E-state index is 12.8. The summed E-state index contributed by atoms with van der Waals surface area (Å²) in [5, 5.41) is 0. The molecule has 6 heteroatoms. The molecule has 0 saturated heterocycles. The summed E-state index contributed by atoms with van der Waals surface area (Å²) in [5.41, 5.74) is 0. The van der Waals surface area contributed by atoms with Crippen LogP contribution in [0.4, 0.5) is 0 Å². The molecule has 0 aromatic heterocycles. The van der Waals surface area contributed by atoms with Crippen LogP contribution in [0.5, 0.6) is 0 Å². The normalized spacial score (nSPS) is 12.5. The number of rotatable bonds is 51. The van der Waals surface area contributed by atoms with Gasteiger partial charge < -0.3 is 14.2 Å². The molecule has 0 radical (unpaired) electrons. The van der Waals surface area contributed by atoms with E-state index in [4.69, 9.17) is 14.2 Å². The third-order valence-electron chi connectivity index (χ3n) is 13.3. The van der Waals surface area contributed by atoms with Gasteiger partial charge in [0.15, 0.2) is 6.10 Å². The van der Waals surface area contributed by atoms with Crippen molar-refractivity contribution in [1.29, 1.82) is 0 Å². The number of unbranched alkanes of at least 4 members (excludes halogenated alkanes) is 35. The second-order valence-electron chi connectivity index (χ2n) is 20.3. The van der Waals surface area contributed by atoms with Gasteiger partial charge in [0, 0.05) is 19.3 Å². The van der Waals surface area contributed by atoms with E-state index in [0.29, 0.717) is 19.3 Å². The van der Waals surface area contributed by atoms with E-state index in [0.717, 1.165) is 69.6 Å². The molecular weight excluding hydrogens is 781 g/mol. The summed E-state index contributed by atoms with van der Waals surface area (Å²) in [6, 6.07) is 0. The molecule has 0 saturated carbocycles. The van der Waals surface area contributed by atoms with Gasteiger partial charge >= 0.3 is 17.9 Å². The van der Waals surface area contributed by atoms with Crippen molar-refractivity contribution in [1.82, 2.24) is 0 Å². The molecule has 6 nitrogen and oxygen atoms in total. The summed E-state index contributed by atoms with van der Waals surface area (Å²) in [6.45, 7) is 11.4. The first-order valence-electron chi connectivity index (χ1n) is 28.3. The minimum atomic E-state index is -0.762. The highest BCUT2D eigenvalue weighted by Gasteiger charge is 2.19. The van der Waals surface area contributed by atoms with Gasteiger partial charge in [0.2, 0.25) is 0 Å². The molecular formula is C57H110O6. The van der Waals surface area contributed by atoms with Crippen LogP contribution in [-0.2, 0) is 28.6 Å². The Balaban J connectivity index is 4.29. The van der Waals surface area contributed by atoms with E-state index in [1.54, 1.807) is 0 Å². The lowest BCUT2D eigenvalue weighted by Crippen LogP contribution is -2.30. The van der Waals surface area contributed by atoms with Crippen LogP contribution in [0.1, 0.15) is 317 Å². The van der Waals surface area contributed by atoms with E-state index >= 15 is 0 Å². The van der Waals surface area contributed by atoms with Crippen LogP contribution in [-0.4, -0.2) is 37.2 Å². The fourth-order valence-electron chi connectivity index (χ4n) is 8.66. The second-order valence-corrected chi connectivity index (χ2v) is 20.3. The Hall–Kier alpha value is -1.59. The van der Waals surface area contributed by atoms with E-state index in [2.05, 4.69) is 34.6 Å². The van der Waals surface area contributed by atoms with Crippen molar-refractivity contribution in [3.63, 3.8) is 0 Å². The average molecular weight is 892 g/mol. The molecule has 1 unspecified atom stereocenters. The molecule has 63 heavy (non-hydrogen) atoms. The van der Waals surface area contributed by atoms with Crippen molar-refractivity contribution < 1.29 is 28.6 Å². The van der Waals surface area contributed by atoms with Crippen molar-refractivity contribution in [2.45, 2.75) is 323 Å². The SMILES string of the molecule is CCCCCCCCCCCCCCC(=O)OC[C@H](COC(=O)CCCCCCCCCCCCCCC(C)C)OC(=O)CCCCCCCCCCCCCCCCC(C)CC. The number of carbonyl (C=O) groups excluding carboxylic acids is 3. The fraction of sp³-hybridized carbons (Fsp3) is 0.947. The van der Waals surface area contributed by atoms with Gasteiger partial charge in [0.05, 0.1) is 0 Å². The Morgan fingerprint density at radius 2 is 0.603 bits per heavy atom. The summed E-state index contributed by atoms with van der Waals surface area (Å²) >= 11 is 0. The lowest BCUT2D eigenvalue weighted by atomic mass is 9.99. The average Bonchev–Trinajstić information content (AvgIpc) is 3.27. The first kappa shape index (κ1) is 61.4. The molecule has 374 valence electrons. The molecule has 0 aromatic rings. The Labute approximate surface area is 393 Å². The zero-order chi connectivity index (χ0) is 46.1. The molecule has 0 aliphatic carbocycles. The van der Waals surface area contributed by atoms with Crippen LogP contribution in [0.25, 0.3) is 0 Å². The molecule has 0 heterocycles. The van der Waals surface area contributed by atoms with E-state index in [1.165, 1.54) is 205 Å². The van der Waals surface area contributed by atoms with Gasteiger partial charge in [0.1, 0.15) is 13.2 Å². The first-order valence-corrected chi connectivity index (χ1v) is 28.3. The highest BCUT2D eigenvalue weighted by atomic mass is 16.6. The Morgan fingerprint density at radius 3 is 0.905 bits per heavy atom. The van der Waals surface area contributed by atoms with Crippen LogP contribution >= 0.6 is 0 Å². The molecule has 0 rings (SSSR count). The highest BCUT2D eigenvalue weighted by Crippen LogP contribution is 2.18. The quantitative estimate of drug-likeness (QED) is 0.0344. The van der Waals surface area contributed by atoms with Crippen LogP contribution < -0.4 is 0 Å². The van der Waals surface area contributed by atoms with Crippen molar-refractivity contribution in [2.75, 3.05) is 13.2 Å². The molecule has 0 amide bonds. The van der Waals surface area contributed by atoms with Crippen molar-refractivity contribution in [3.05, 3.63) is 0 Å². The molecule has 0 aromatic carbocycles. The van der Waals surface area contributed by atoms with Crippen molar-refractivity contribution in [3.8, 4) is 0 Å². The molecule has 0 aliphatic heterocycles. The Bertz CT molecular complexity index is 964. The van der Waals surface area contributed by atoms with Gasteiger partial charge in [-0.15, -0.1) is 0 Å². The van der Waals surface area contributed by atoms with Crippen LogP contribution in [0.15, 0.2) is 0 Å². The van der Waals surface area contributed by atoms with Gasteiger partial charge in [-0.2, -0.15) is 0 Å². The summed E-state index contributed by atoms with van der Waals surface area (Å²) < 4.78 is 16.9. The Kier molecular flexibility index (Phi) is 48.6. The second kappa shape index (κ2) is 49.8. The molecule has 2 atom stereocenters. The predicted molar refractivity (Wildman–Crippen MR) is 270 cm³/mol. The summed E-state index contributed by atoms with van der Waals surface area (Å²) in [5.74, 6) is 0.887. The zero-order valence-electron chi connectivity index (χ0n) is 43.2. The fourth-order valence-corrected chi connectivity index (χ4v) is 8.66. The number of hydrogen-bond donors (Lipinski definition) is 0. The topological polar surface area (TPSA) is 78.9 Å². The van der Waals surface area contributed by atoms with E-state index in [1.807, 2.05) is 0 Å². The largest absolute Gasteiger partial charge is 0.462 e. The maximum Gasteiger partial charge on any atom is 0.306 e. The minimum absolute atomic E-state index is 0.0629. The lowest BCUT2D eigenvalue weighted by molar-refractivity contribution is -0.167. The van der Waals surface area contributed by atoms with Gasteiger partial charge in [-0.3, -0.25) is 14.4 Å². The third kappa shape index (κ3) is 49.7. The minimum Gasteiger partial charge on any atom is -0.462 e. The van der Waals surface area contributed by atoms with Crippen molar-refractivity contribution >= 4 is 17.9 Å². The zero-order valence-corrected chi connectivity index (χ0v) is 43.2. The van der Waals surface area contributed by atoms with Crippen LogP contribution in [0.3, 0.4) is 0 Å². The van der Waals surface area contributed by atoms with Gasteiger partial charge in [-0.1, -0.05) is 279 Å². The third-order valence-corrected chi connectivity index (χ3v) is 13.3. The summed E-state index contributed by atoms with van der Waals surface area (Å²) in [7, 11) is 0. The maximum atomic E-state index is 12.8. The molecule has 0 aliphatic rings. The predicted octanol–water partition coefficient (Wildman–Crippen LogP) is 18.5. The summed E-state index contributed by atoms with van der Waals surface area (Å²) in [4.78, 5) is 38.1. The number of hydrogen-bond acceptors (Lipinski definition) is 6. The van der Waals surface area contributed by atoms with E-state index < -0.39 is 6.10 Å². The van der Waals surface area contributed by atoms with Gasteiger partial charge in [-0.05, 0) is 31.1 Å². The molecule has 0 spiro atoms. The standard InChI is InChI=1S/C57H110O6/c1-6-8-9-10-11-12-13-22-27-32-37-42-47-55(58)61-50-54(51-62-56(59)48-43-38-33-28-23-19-18-20-25-30-35-40-45-52(3)4)63-57(60)49-44-39-34-29-24-17-15-14-16-21-26-31-36-41-46-53(5)7-2/h52-54H,6-51H2,1-5H3/t53?,54-/m1/s1. The number of ether oxygens (including phenoxy) is 3. The molecule has 0 N–H and O–H groups in total. The van der Waals surface area contributed by atoms with E-state index in [-0.39, 0.29) is 31.1 Å². The van der Waals surface area contributed by atoms with Crippen molar-refractivity contribution in [2.24, 2.45) is 11.8 Å². The monoisotopic (exact) mass is 891 g/mol.